The van der Waals surface area contributed by atoms with E-state index in [1.807, 2.05) is 7.05 Å². The minimum absolute atomic E-state index is 0. The van der Waals surface area contributed by atoms with Crippen LogP contribution in [0, 0.1) is 5.92 Å². The van der Waals surface area contributed by atoms with E-state index in [4.69, 9.17) is 9.47 Å². The quantitative estimate of drug-likeness (QED) is 0.280. The Morgan fingerprint density at radius 1 is 1.32 bits per heavy atom. The number of halogens is 1. The molecule has 0 saturated carbocycles. The van der Waals surface area contributed by atoms with Gasteiger partial charge in [-0.15, -0.1) is 24.0 Å². The van der Waals surface area contributed by atoms with Gasteiger partial charge in [0.25, 0.3) is 0 Å². The normalized spacial score (nSPS) is 16.8. The monoisotopic (exact) mass is 427 g/mol. The van der Waals surface area contributed by atoms with Crippen LogP contribution < -0.4 is 5.32 Å². The Morgan fingerprint density at radius 2 is 2.00 bits per heavy atom. The topological polar surface area (TPSA) is 46.1 Å². The zero-order valence-electron chi connectivity index (χ0n) is 14.6. The summed E-state index contributed by atoms with van der Waals surface area (Å²) in [4.78, 5) is 6.70. The van der Waals surface area contributed by atoms with E-state index < -0.39 is 0 Å². The highest BCUT2D eigenvalue weighted by molar-refractivity contribution is 14.0. The molecule has 0 bridgehead atoms. The van der Waals surface area contributed by atoms with E-state index in [0.29, 0.717) is 12.0 Å². The molecule has 6 heteroatoms. The van der Waals surface area contributed by atoms with Crippen LogP contribution in [0.1, 0.15) is 40.0 Å². The Labute approximate surface area is 153 Å². The maximum absolute atomic E-state index is 5.69. The molecule has 0 atom stereocenters. The molecule has 0 aliphatic carbocycles. The Balaban J connectivity index is 0.00000441. The number of nitrogens with one attached hydrogen (secondary N) is 1. The van der Waals surface area contributed by atoms with Crippen molar-refractivity contribution in [1.82, 2.24) is 10.2 Å². The Morgan fingerprint density at radius 3 is 2.55 bits per heavy atom. The van der Waals surface area contributed by atoms with Crippen LogP contribution in [0.2, 0.25) is 0 Å². The fourth-order valence-electron chi connectivity index (χ4n) is 2.50. The zero-order chi connectivity index (χ0) is 15.5. The van der Waals surface area contributed by atoms with Gasteiger partial charge >= 0.3 is 0 Å². The molecule has 1 saturated heterocycles. The number of hydrogen-bond donors (Lipinski definition) is 1. The summed E-state index contributed by atoms with van der Waals surface area (Å²) >= 11 is 0. The molecule has 5 nitrogen and oxygen atoms in total. The molecular formula is C16H34IN3O2. The molecular weight excluding hydrogens is 393 g/mol. The minimum atomic E-state index is 0. The maximum Gasteiger partial charge on any atom is 0.193 e. The predicted molar refractivity (Wildman–Crippen MR) is 103 cm³/mol. The molecule has 1 fully saturated rings. The molecule has 0 aromatic heterocycles. The van der Waals surface area contributed by atoms with Gasteiger partial charge in [-0.3, -0.25) is 4.99 Å². The van der Waals surface area contributed by atoms with Crippen LogP contribution in [-0.2, 0) is 9.47 Å². The van der Waals surface area contributed by atoms with Crippen LogP contribution in [0.3, 0.4) is 0 Å². The predicted octanol–water partition coefficient (Wildman–Crippen LogP) is 2.74. The van der Waals surface area contributed by atoms with Crippen molar-refractivity contribution >= 4 is 29.9 Å². The molecule has 0 spiro atoms. The van der Waals surface area contributed by atoms with Crippen molar-refractivity contribution in [2.24, 2.45) is 10.9 Å². The van der Waals surface area contributed by atoms with Gasteiger partial charge in [-0.05, 0) is 32.1 Å². The van der Waals surface area contributed by atoms with Crippen molar-refractivity contribution in [2.45, 2.75) is 46.1 Å². The molecule has 22 heavy (non-hydrogen) atoms. The van der Waals surface area contributed by atoms with Gasteiger partial charge < -0.3 is 19.7 Å². The maximum atomic E-state index is 5.69. The smallest absolute Gasteiger partial charge is 0.193 e. The van der Waals surface area contributed by atoms with Crippen LogP contribution in [-0.4, -0.2) is 63.5 Å². The van der Waals surface area contributed by atoms with Gasteiger partial charge in [0, 0.05) is 46.5 Å². The number of rotatable bonds is 8. The molecule has 1 heterocycles. The molecule has 0 unspecified atom stereocenters. The lowest BCUT2D eigenvalue weighted by Crippen LogP contribution is -2.47. The van der Waals surface area contributed by atoms with Crippen molar-refractivity contribution in [2.75, 3.05) is 46.5 Å². The zero-order valence-corrected chi connectivity index (χ0v) is 17.0. The average molecular weight is 427 g/mol. The fraction of sp³-hybridized carbons (Fsp3) is 0.938. The Hall–Kier alpha value is -0.0800. The second-order valence-electron chi connectivity index (χ2n) is 5.94. The first-order chi connectivity index (χ1) is 10.2. The second-order valence-corrected chi connectivity index (χ2v) is 5.94. The first-order valence-corrected chi connectivity index (χ1v) is 8.32. The van der Waals surface area contributed by atoms with Crippen molar-refractivity contribution < 1.29 is 9.47 Å². The van der Waals surface area contributed by atoms with Crippen LogP contribution >= 0.6 is 24.0 Å². The van der Waals surface area contributed by atoms with Gasteiger partial charge in [-0.2, -0.15) is 0 Å². The summed E-state index contributed by atoms with van der Waals surface area (Å²) in [6.45, 7) is 11.8. The highest BCUT2D eigenvalue weighted by atomic mass is 127. The standard InChI is InChI=1S/C16H33N3O2.HI/c1-5-21-15-7-10-19(11-8-15)16(17-4)18-9-6-12-20-13-14(2)3;/h14-15H,5-13H2,1-4H3,(H,17,18);1H. The fourth-order valence-corrected chi connectivity index (χ4v) is 2.50. The van der Waals surface area contributed by atoms with Gasteiger partial charge in [0.15, 0.2) is 5.96 Å². The van der Waals surface area contributed by atoms with Crippen molar-refractivity contribution in [3.8, 4) is 0 Å². The van der Waals surface area contributed by atoms with Gasteiger partial charge in [-0.25, -0.2) is 0 Å². The van der Waals surface area contributed by atoms with E-state index in [9.17, 15) is 0 Å². The van der Waals surface area contributed by atoms with Gasteiger partial charge in [0.05, 0.1) is 6.10 Å². The highest BCUT2D eigenvalue weighted by Crippen LogP contribution is 2.13. The number of hydrogen-bond acceptors (Lipinski definition) is 3. The largest absolute Gasteiger partial charge is 0.381 e. The molecule has 0 radical (unpaired) electrons. The van der Waals surface area contributed by atoms with E-state index >= 15 is 0 Å². The van der Waals surface area contributed by atoms with Crippen molar-refractivity contribution in [3.05, 3.63) is 0 Å². The minimum Gasteiger partial charge on any atom is -0.381 e. The van der Waals surface area contributed by atoms with Gasteiger partial charge in [0.1, 0.15) is 0 Å². The summed E-state index contributed by atoms with van der Waals surface area (Å²) in [6, 6.07) is 0. The molecule has 132 valence electrons. The number of ether oxygens (including phenoxy) is 2. The lowest BCUT2D eigenvalue weighted by Gasteiger charge is -2.34. The average Bonchev–Trinajstić information content (AvgIpc) is 2.48. The first-order valence-electron chi connectivity index (χ1n) is 8.32. The summed E-state index contributed by atoms with van der Waals surface area (Å²) in [5.41, 5.74) is 0. The van der Waals surface area contributed by atoms with Crippen LogP contribution in [0.25, 0.3) is 0 Å². The van der Waals surface area contributed by atoms with E-state index in [2.05, 4.69) is 36.0 Å². The molecule has 1 N–H and O–H groups in total. The molecule has 0 aromatic rings. The Bertz CT molecular complexity index is 293. The van der Waals surface area contributed by atoms with Crippen LogP contribution in [0.5, 0.6) is 0 Å². The molecule has 1 aliphatic rings. The Kier molecular flexibility index (Phi) is 13.3. The van der Waals surface area contributed by atoms with Gasteiger partial charge in [-0.1, -0.05) is 13.8 Å². The van der Waals surface area contributed by atoms with Gasteiger partial charge in [0.2, 0.25) is 0 Å². The third-order valence-electron chi connectivity index (χ3n) is 3.56. The molecule has 0 amide bonds. The SMILES string of the molecule is CCOC1CCN(C(=NC)NCCCOCC(C)C)CC1.I. The first kappa shape index (κ1) is 21.9. The summed E-state index contributed by atoms with van der Waals surface area (Å²) < 4.78 is 11.3. The van der Waals surface area contributed by atoms with Crippen LogP contribution in [0.4, 0.5) is 0 Å². The van der Waals surface area contributed by atoms with E-state index in [1.165, 1.54) is 0 Å². The summed E-state index contributed by atoms with van der Waals surface area (Å²) in [5, 5.41) is 3.43. The number of piperidine rings is 1. The number of aliphatic imine (C=N–C) groups is 1. The number of likely N-dealkylation sites (tertiary alicyclic amines) is 1. The highest BCUT2D eigenvalue weighted by Gasteiger charge is 2.21. The molecule has 1 rings (SSSR count). The third kappa shape index (κ3) is 9.15. The van der Waals surface area contributed by atoms with Crippen molar-refractivity contribution in [1.29, 1.82) is 0 Å². The lowest BCUT2D eigenvalue weighted by atomic mass is 10.1. The molecule has 1 aliphatic heterocycles. The van der Waals surface area contributed by atoms with Crippen molar-refractivity contribution in [3.63, 3.8) is 0 Å². The molecule has 0 aromatic carbocycles. The number of guanidine groups is 1. The summed E-state index contributed by atoms with van der Waals surface area (Å²) in [5.74, 6) is 1.62. The lowest BCUT2D eigenvalue weighted by molar-refractivity contribution is 0.0263. The summed E-state index contributed by atoms with van der Waals surface area (Å²) in [6.07, 6.45) is 3.62. The third-order valence-corrected chi connectivity index (χ3v) is 3.56. The second kappa shape index (κ2) is 13.4. The van der Waals surface area contributed by atoms with Crippen LogP contribution in [0.15, 0.2) is 4.99 Å². The van der Waals surface area contributed by atoms with E-state index in [0.717, 1.165) is 64.7 Å². The van der Waals surface area contributed by atoms with E-state index in [1.54, 1.807) is 0 Å². The number of nitrogens with zero attached hydrogens (tertiary/aromatic N) is 2. The summed E-state index contributed by atoms with van der Waals surface area (Å²) in [7, 11) is 1.85. The van der Waals surface area contributed by atoms with E-state index in [-0.39, 0.29) is 24.0 Å².